The van der Waals surface area contributed by atoms with E-state index < -0.39 is 5.60 Å². The highest BCUT2D eigenvalue weighted by Crippen LogP contribution is 2.29. The molecule has 0 unspecified atom stereocenters. The van der Waals surface area contributed by atoms with Crippen molar-refractivity contribution in [3.8, 4) is 11.1 Å². The molecular weight excluding hydrogens is 376 g/mol. The molecule has 0 aromatic heterocycles. The molecule has 1 saturated heterocycles. The van der Waals surface area contributed by atoms with Crippen molar-refractivity contribution in [1.29, 1.82) is 0 Å². The van der Waals surface area contributed by atoms with Gasteiger partial charge < -0.3 is 15.1 Å². The minimum Gasteiger partial charge on any atom is -0.388 e. The third-order valence-electron chi connectivity index (χ3n) is 6.38. The highest BCUT2D eigenvalue weighted by atomic mass is 16.5. The van der Waals surface area contributed by atoms with Crippen LogP contribution in [0, 0.1) is 0 Å². The van der Waals surface area contributed by atoms with Crippen LogP contribution in [0.15, 0.2) is 48.5 Å². The second-order valence-electron chi connectivity index (χ2n) is 8.89. The first kappa shape index (κ1) is 21.5. The van der Waals surface area contributed by atoms with Crippen LogP contribution in [-0.4, -0.2) is 58.7 Å². The zero-order valence-electron chi connectivity index (χ0n) is 17.8. The Morgan fingerprint density at radius 1 is 0.833 bits per heavy atom. The van der Waals surface area contributed by atoms with Crippen LogP contribution in [0.4, 0.5) is 0 Å². The number of hydroxylamine groups is 2. The van der Waals surface area contributed by atoms with E-state index >= 15 is 0 Å². The molecule has 1 saturated carbocycles. The van der Waals surface area contributed by atoms with Crippen LogP contribution in [0.25, 0.3) is 11.1 Å². The second-order valence-corrected chi connectivity index (χ2v) is 8.89. The molecule has 0 radical (unpaired) electrons. The maximum absolute atomic E-state index is 10.6. The molecule has 0 amide bonds. The summed E-state index contributed by atoms with van der Waals surface area (Å²) in [5.74, 6) is 0. The van der Waals surface area contributed by atoms with Crippen molar-refractivity contribution < 1.29 is 15.1 Å². The van der Waals surface area contributed by atoms with Gasteiger partial charge in [-0.15, -0.1) is 0 Å². The summed E-state index contributed by atoms with van der Waals surface area (Å²) in [6, 6.07) is 17.1. The normalized spacial score (nSPS) is 19.8. The number of nitrogens with zero attached hydrogens (tertiary/aromatic N) is 2. The van der Waals surface area contributed by atoms with E-state index in [2.05, 4.69) is 53.4 Å². The van der Waals surface area contributed by atoms with E-state index in [-0.39, 0.29) is 0 Å². The van der Waals surface area contributed by atoms with Crippen LogP contribution in [0.5, 0.6) is 0 Å². The molecule has 1 aliphatic heterocycles. The summed E-state index contributed by atoms with van der Waals surface area (Å²) in [5, 5.41) is 22.2. The maximum atomic E-state index is 10.6. The molecule has 30 heavy (non-hydrogen) atoms. The lowest BCUT2D eigenvalue weighted by Crippen LogP contribution is -2.42. The number of ether oxygens (including phenoxy) is 1. The van der Waals surface area contributed by atoms with Gasteiger partial charge in [0.2, 0.25) is 0 Å². The van der Waals surface area contributed by atoms with Gasteiger partial charge in [0.25, 0.3) is 0 Å². The van der Waals surface area contributed by atoms with E-state index in [9.17, 15) is 10.3 Å². The maximum Gasteiger partial charge on any atom is 0.0797 e. The van der Waals surface area contributed by atoms with Crippen LogP contribution in [0.1, 0.15) is 43.2 Å². The monoisotopic (exact) mass is 410 g/mol. The van der Waals surface area contributed by atoms with E-state index in [0.717, 1.165) is 64.1 Å². The van der Waals surface area contributed by atoms with E-state index in [4.69, 9.17) is 4.74 Å². The van der Waals surface area contributed by atoms with Crippen LogP contribution < -0.4 is 0 Å². The zero-order chi connectivity index (χ0) is 20.8. The van der Waals surface area contributed by atoms with Gasteiger partial charge in [0.15, 0.2) is 0 Å². The van der Waals surface area contributed by atoms with Crippen molar-refractivity contribution in [2.45, 2.75) is 50.8 Å². The van der Waals surface area contributed by atoms with Gasteiger partial charge in [0.1, 0.15) is 0 Å². The molecule has 2 aliphatic rings. The molecule has 1 heterocycles. The first-order chi connectivity index (χ1) is 14.6. The Hall–Kier alpha value is -1.76. The van der Waals surface area contributed by atoms with E-state index in [1.807, 2.05) is 0 Å². The molecule has 2 fully saturated rings. The third-order valence-corrected chi connectivity index (χ3v) is 6.38. The third kappa shape index (κ3) is 5.90. The molecular formula is C25H34N2O3. The standard InChI is InChI=1S/C25H34N2O3/c28-25(12-2-1-3-13-25)20-27(29)19-22-6-10-24(11-7-22)23-8-4-21(5-9-23)18-26-14-16-30-17-15-26/h4-11,28-29H,1-3,12-20H2. The lowest BCUT2D eigenvalue weighted by atomic mass is 9.85. The molecule has 5 nitrogen and oxygen atoms in total. The van der Waals surface area contributed by atoms with Gasteiger partial charge in [-0.25, -0.2) is 0 Å². The predicted molar refractivity (Wildman–Crippen MR) is 118 cm³/mol. The molecule has 0 spiro atoms. The van der Waals surface area contributed by atoms with Gasteiger partial charge >= 0.3 is 0 Å². The summed E-state index contributed by atoms with van der Waals surface area (Å²) in [7, 11) is 0. The Morgan fingerprint density at radius 3 is 2.00 bits per heavy atom. The molecule has 1 aliphatic carbocycles. The first-order valence-corrected chi connectivity index (χ1v) is 11.2. The Balaban J connectivity index is 1.31. The zero-order valence-corrected chi connectivity index (χ0v) is 17.8. The molecule has 2 N–H and O–H groups in total. The molecule has 0 bridgehead atoms. The largest absolute Gasteiger partial charge is 0.388 e. The summed E-state index contributed by atoms with van der Waals surface area (Å²) >= 11 is 0. The average molecular weight is 411 g/mol. The number of morpholine rings is 1. The summed E-state index contributed by atoms with van der Waals surface area (Å²) in [6.45, 7) is 5.39. The molecule has 0 atom stereocenters. The molecule has 2 aromatic carbocycles. The lowest BCUT2D eigenvalue weighted by Gasteiger charge is -2.34. The number of rotatable bonds is 7. The topological polar surface area (TPSA) is 56.2 Å². The highest BCUT2D eigenvalue weighted by molar-refractivity contribution is 5.63. The van der Waals surface area contributed by atoms with E-state index in [1.165, 1.54) is 28.2 Å². The van der Waals surface area contributed by atoms with E-state index in [1.54, 1.807) is 0 Å². The fourth-order valence-electron chi connectivity index (χ4n) is 4.60. The Morgan fingerprint density at radius 2 is 1.40 bits per heavy atom. The van der Waals surface area contributed by atoms with Gasteiger partial charge in [-0.3, -0.25) is 4.90 Å². The van der Waals surface area contributed by atoms with Gasteiger partial charge in [0.05, 0.1) is 25.4 Å². The number of hydrogen-bond donors (Lipinski definition) is 2. The van der Waals surface area contributed by atoms with Crippen LogP contribution in [0.3, 0.4) is 0 Å². The summed E-state index contributed by atoms with van der Waals surface area (Å²) in [4.78, 5) is 2.43. The summed E-state index contributed by atoms with van der Waals surface area (Å²) < 4.78 is 5.42. The summed E-state index contributed by atoms with van der Waals surface area (Å²) in [5.41, 5.74) is 4.01. The quantitative estimate of drug-likeness (QED) is 0.674. The van der Waals surface area contributed by atoms with Crippen molar-refractivity contribution in [2.75, 3.05) is 32.8 Å². The van der Waals surface area contributed by atoms with Crippen molar-refractivity contribution in [1.82, 2.24) is 9.96 Å². The average Bonchev–Trinajstić information content (AvgIpc) is 2.76. The van der Waals surface area contributed by atoms with Gasteiger partial charge in [-0.2, -0.15) is 5.06 Å². The minimum atomic E-state index is -0.740. The fraction of sp³-hybridized carbons (Fsp3) is 0.520. The molecule has 4 rings (SSSR count). The van der Waals surface area contributed by atoms with Crippen LogP contribution in [-0.2, 0) is 17.8 Å². The first-order valence-electron chi connectivity index (χ1n) is 11.2. The van der Waals surface area contributed by atoms with Crippen molar-refractivity contribution in [3.05, 3.63) is 59.7 Å². The Kier molecular flexibility index (Phi) is 7.18. The minimum absolute atomic E-state index is 0.319. The number of hydrogen-bond acceptors (Lipinski definition) is 5. The van der Waals surface area contributed by atoms with E-state index in [0.29, 0.717) is 13.1 Å². The highest BCUT2D eigenvalue weighted by Gasteiger charge is 2.31. The smallest absolute Gasteiger partial charge is 0.0797 e. The number of aliphatic hydroxyl groups is 1. The molecule has 5 heteroatoms. The second kappa shape index (κ2) is 10.0. The van der Waals surface area contributed by atoms with Crippen molar-refractivity contribution >= 4 is 0 Å². The SMILES string of the molecule is ON(Cc1ccc(-c2ccc(CN3CCOCC3)cc2)cc1)CC1(O)CCCCC1. The van der Waals surface area contributed by atoms with Crippen molar-refractivity contribution in [3.63, 3.8) is 0 Å². The Labute approximate surface area is 179 Å². The predicted octanol–water partition coefficient (Wildman–Crippen LogP) is 4.07. The van der Waals surface area contributed by atoms with Gasteiger partial charge in [0, 0.05) is 26.2 Å². The number of benzene rings is 2. The molecule has 2 aromatic rings. The fourth-order valence-corrected chi connectivity index (χ4v) is 4.60. The van der Waals surface area contributed by atoms with Crippen molar-refractivity contribution in [2.24, 2.45) is 0 Å². The lowest BCUT2D eigenvalue weighted by molar-refractivity contribution is -0.154. The summed E-state index contributed by atoms with van der Waals surface area (Å²) in [6.07, 6.45) is 4.84. The van der Waals surface area contributed by atoms with Crippen LogP contribution in [0.2, 0.25) is 0 Å². The van der Waals surface area contributed by atoms with Gasteiger partial charge in [-0.05, 0) is 35.1 Å². The Bertz CT molecular complexity index is 779. The van der Waals surface area contributed by atoms with Crippen LogP contribution >= 0.6 is 0 Å². The molecule has 162 valence electrons. The van der Waals surface area contributed by atoms with Gasteiger partial charge in [-0.1, -0.05) is 67.8 Å².